The first kappa shape index (κ1) is 26.4. The Morgan fingerprint density at radius 2 is 1.74 bits per heavy atom. The lowest BCUT2D eigenvalue weighted by atomic mass is 9.85. The SMILES string of the molecule is CCc1c2nc(-c3cc(S(=O)(=O)N4CCN(CC)CC4)cnc3N3CCCC3)[nH]c(=O)c2nn1CC1CCC1. The minimum Gasteiger partial charge on any atom is -0.356 e. The van der Waals surface area contributed by atoms with E-state index in [1.54, 1.807) is 6.07 Å². The van der Waals surface area contributed by atoms with E-state index < -0.39 is 10.0 Å². The largest absolute Gasteiger partial charge is 0.356 e. The summed E-state index contributed by atoms with van der Waals surface area (Å²) in [6.45, 7) is 9.81. The highest BCUT2D eigenvalue weighted by Crippen LogP contribution is 2.33. The van der Waals surface area contributed by atoms with Gasteiger partial charge in [0.1, 0.15) is 22.1 Å². The number of hydrogen-bond acceptors (Lipinski definition) is 8. The van der Waals surface area contributed by atoms with Crippen LogP contribution in [0.2, 0.25) is 0 Å². The van der Waals surface area contributed by atoms with Crippen molar-refractivity contribution in [2.45, 2.75) is 63.8 Å². The predicted octanol–water partition coefficient (Wildman–Crippen LogP) is 2.47. The third kappa shape index (κ3) is 4.87. The molecular formula is C27H38N8O3S. The number of H-pyrrole nitrogens is 1. The van der Waals surface area contributed by atoms with Crippen molar-refractivity contribution >= 4 is 26.9 Å². The zero-order valence-electron chi connectivity index (χ0n) is 22.9. The van der Waals surface area contributed by atoms with Crippen LogP contribution < -0.4 is 10.5 Å². The van der Waals surface area contributed by atoms with Crippen LogP contribution in [0, 0.1) is 5.92 Å². The van der Waals surface area contributed by atoms with Crippen molar-refractivity contribution in [3.8, 4) is 11.4 Å². The molecule has 0 radical (unpaired) electrons. The highest BCUT2D eigenvalue weighted by Gasteiger charge is 2.31. The number of aromatic amines is 1. The highest BCUT2D eigenvalue weighted by atomic mass is 32.2. The van der Waals surface area contributed by atoms with E-state index in [2.05, 4.69) is 38.7 Å². The van der Waals surface area contributed by atoms with Crippen molar-refractivity contribution in [2.24, 2.45) is 5.92 Å². The van der Waals surface area contributed by atoms with Crippen LogP contribution in [0.3, 0.4) is 0 Å². The summed E-state index contributed by atoms with van der Waals surface area (Å²) < 4.78 is 30.8. The van der Waals surface area contributed by atoms with Gasteiger partial charge in [-0.1, -0.05) is 20.3 Å². The monoisotopic (exact) mass is 554 g/mol. The summed E-state index contributed by atoms with van der Waals surface area (Å²) >= 11 is 0. The lowest BCUT2D eigenvalue weighted by Gasteiger charge is -2.33. The van der Waals surface area contributed by atoms with Crippen LogP contribution in [0.15, 0.2) is 22.0 Å². The van der Waals surface area contributed by atoms with E-state index in [1.807, 2.05) is 4.68 Å². The second-order valence-corrected chi connectivity index (χ2v) is 12.9. The van der Waals surface area contributed by atoms with Gasteiger partial charge in [0.2, 0.25) is 10.0 Å². The zero-order valence-corrected chi connectivity index (χ0v) is 23.7. The molecule has 39 heavy (non-hydrogen) atoms. The molecule has 6 rings (SSSR count). The van der Waals surface area contributed by atoms with E-state index in [0.717, 1.165) is 44.7 Å². The maximum atomic E-state index is 13.7. The summed E-state index contributed by atoms with van der Waals surface area (Å²) in [5, 5.41) is 4.65. The summed E-state index contributed by atoms with van der Waals surface area (Å²) in [5.41, 5.74) is 2.10. The Bertz CT molecular complexity index is 1510. The molecular weight excluding hydrogens is 516 g/mol. The molecule has 1 aliphatic carbocycles. The first-order chi connectivity index (χ1) is 18.9. The number of piperazine rings is 1. The molecule has 0 atom stereocenters. The van der Waals surface area contributed by atoms with Gasteiger partial charge in [-0.15, -0.1) is 0 Å². The molecule has 0 amide bonds. The van der Waals surface area contributed by atoms with Crippen LogP contribution in [0.4, 0.5) is 5.82 Å². The number of nitrogens with one attached hydrogen (secondary N) is 1. The zero-order chi connectivity index (χ0) is 27.1. The third-order valence-corrected chi connectivity index (χ3v) is 10.5. The Morgan fingerprint density at radius 3 is 2.38 bits per heavy atom. The maximum absolute atomic E-state index is 13.7. The number of rotatable bonds is 8. The Morgan fingerprint density at radius 1 is 1.00 bits per heavy atom. The number of hydrogen-bond donors (Lipinski definition) is 1. The van der Waals surface area contributed by atoms with Crippen LogP contribution in [0.5, 0.6) is 0 Å². The second-order valence-electron chi connectivity index (χ2n) is 11.0. The summed E-state index contributed by atoms with van der Waals surface area (Å²) in [6.07, 6.45) is 7.87. The number of likely N-dealkylation sites (N-methyl/N-ethyl adjacent to an activating group) is 1. The van der Waals surface area contributed by atoms with E-state index in [-0.39, 0.29) is 10.5 Å². The number of anilines is 1. The lowest BCUT2D eigenvalue weighted by molar-refractivity contribution is 0.196. The topological polar surface area (TPSA) is 120 Å². The van der Waals surface area contributed by atoms with Crippen molar-refractivity contribution < 1.29 is 8.42 Å². The first-order valence-corrected chi connectivity index (χ1v) is 15.8. The van der Waals surface area contributed by atoms with Gasteiger partial charge in [0.15, 0.2) is 5.52 Å². The van der Waals surface area contributed by atoms with Crippen molar-refractivity contribution in [2.75, 3.05) is 50.7 Å². The van der Waals surface area contributed by atoms with Gasteiger partial charge in [0, 0.05) is 52.0 Å². The summed E-state index contributed by atoms with van der Waals surface area (Å²) in [5.74, 6) is 1.59. The minimum absolute atomic E-state index is 0.129. The standard InChI is InChI=1S/C27H38N8O3S/c1-3-22-23-24(31-35(22)18-19-8-7-9-19)27(36)30-25(29-23)21-16-20(17-28-26(21)33-10-5-6-11-33)39(37,38)34-14-12-32(4-2)13-15-34/h16-17,19H,3-15,18H2,1-2H3,(H,29,30,36). The van der Waals surface area contributed by atoms with Gasteiger partial charge in [-0.2, -0.15) is 9.40 Å². The summed E-state index contributed by atoms with van der Waals surface area (Å²) in [6, 6.07) is 1.65. The van der Waals surface area contributed by atoms with Gasteiger partial charge < -0.3 is 14.8 Å². The fraction of sp³-hybridized carbons (Fsp3) is 0.630. The molecule has 0 unspecified atom stereocenters. The van der Waals surface area contributed by atoms with Crippen molar-refractivity contribution in [3.63, 3.8) is 0 Å². The number of aromatic nitrogens is 5. The maximum Gasteiger partial charge on any atom is 0.279 e. The molecule has 210 valence electrons. The molecule has 1 N–H and O–H groups in total. The first-order valence-electron chi connectivity index (χ1n) is 14.4. The van der Waals surface area contributed by atoms with Gasteiger partial charge in [0.05, 0.1) is 11.3 Å². The molecule has 2 saturated heterocycles. The number of aryl methyl sites for hydroxylation is 1. The van der Waals surface area contributed by atoms with Crippen LogP contribution >= 0.6 is 0 Å². The predicted molar refractivity (Wildman–Crippen MR) is 150 cm³/mol. The molecule has 11 nitrogen and oxygen atoms in total. The number of fused-ring (bicyclic) bond motifs is 1. The van der Waals surface area contributed by atoms with Gasteiger partial charge >= 0.3 is 0 Å². The average Bonchev–Trinajstić information content (AvgIpc) is 3.58. The lowest BCUT2D eigenvalue weighted by Crippen LogP contribution is -2.48. The highest BCUT2D eigenvalue weighted by molar-refractivity contribution is 7.89. The van der Waals surface area contributed by atoms with E-state index in [0.29, 0.717) is 66.8 Å². The molecule has 0 spiro atoms. The molecule has 3 aromatic rings. The minimum atomic E-state index is -3.75. The van der Waals surface area contributed by atoms with Crippen LogP contribution in [-0.2, 0) is 23.0 Å². The normalized spacial score (nSPS) is 19.7. The third-order valence-electron chi connectivity index (χ3n) is 8.61. The number of nitrogens with zero attached hydrogens (tertiary/aromatic N) is 7. The van der Waals surface area contributed by atoms with Crippen molar-refractivity contribution in [1.29, 1.82) is 0 Å². The fourth-order valence-electron chi connectivity index (χ4n) is 5.98. The van der Waals surface area contributed by atoms with Crippen LogP contribution in [0.25, 0.3) is 22.4 Å². The second kappa shape index (κ2) is 10.6. The average molecular weight is 555 g/mol. The Kier molecular flexibility index (Phi) is 7.19. The Balaban J connectivity index is 1.44. The van der Waals surface area contributed by atoms with Crippen molar-refractivity contribution in [1.82, 2.24) is 33.9 Å². The van der Waals surface area contributed by atoms with E-state index in [1.165, 1.54) is 29.8 Å². The van der Waals surface area contributed by atoms with E-state index in [4.69, 9.17) is 4.98 Å². The fourth-order valence-corrected chi connectivity index (χ4v) is 7.38. The van der Waals surface area contributed by atoms with E-state index >= 15 is 0 Å². The van der Waals surface area contributed by atoms with Gasteiger partial charge in [-0.25, -0.2) is 18.4 Å². The van der Waals surface area contributed by atoms with E-state index in [9.17, 15) is 13.2 Å². The van der Waals surface area contributed by atoms with Crippen LogP contribution in [0.1, 0.15) is 51.6 Å². The smallest absolute Gasteiger partial charge is 0.279 e. The number of sulfonamides is 1. The molecule has 5 heterocycles. The van der Waals surface area contributed by atoms with Crippen LogP contribution in [-0.4, -0.2) is 88.2 Å². The van der Waals surface area contributed by atoms with Gasteiger partial charge in [-0.3, -0.25) is 9.48 Å². The molecule has 3 fully saturated rings. The molecule has 0 aromatic carbocycles. The summed E-state index contributed by atoms with van der Waals surface area (Å²) in [4.78, 5) is 30.3. The Labute approximate surface area is 229 Å². The molecule has 1 saturated carbocycles. The molecule has 2 aliphatic heterocycles. The summed E-state index contributed by atoms with van der Waals surface area (Å²) in [7, 11) is -3.75. The Hall–Kier alpha value is -2.83. The number of pyridine rings is 1. The molecule has 0 bridgehead atoms. The molecule has 12 heteroatoms. The molecule has 3 aliphatic rings. The van der Waals surface area contributed by atoms with Crippen molar-refractivity contribution in [3.05, 3.63) is 28.3 Å². The van der Waals surface area contributed by atoms with Gasteiger partial charge in [0.25, 0.3) is 5.56 Å². The van der Waals surface area contributed by atoms with Gasteiger partial charge in [-0.05, 0) is 50.6 Å². The quantitative estimate of drug-likeness (QED) is 0.451. The molecule has 3 aromatic heterocycles.